The number of benzene rings is 4. The van der Waals surface area contributed by atoms with Crippen LogP contribution in [-0.2, 0) is 15.8 Å². The van der Waals surface area contributed by atoms with E-state index >= 15 is 0 Å². The zero-order chi connectivity index (χ0) is 27.2. The van der Waals surface area contributed by atoms with Crippen molar-refractivity contribution in [3.8, 4) is 11.6 Å². The Labute approximate surface area is 226 Å². The molecule has 0 aliphatic rings. The van der Waals surface area contributed by atoms with Crippen molar-refractivity contribution in [3.63, 3.8) is 0 Å². The molecule has 5 rings (SSSR count). The number of hydrogen-bond acceptors (Lipinski definition) is 7. The molecule has 5 aromatic rings. The van der Waals surface area contributed by atoms with E-state index in [2.05, 4.69) is 25.3 Å². The third kappa shape index (κ3) is 6.56. The lowest BCUT2D eigenvalue weighted by Crippen LogP contribution is -2.20. The number of para-hydroxylation sites is 1. The summed E-state index contributed by atoms with van der Waals surface area (Å²) in [4.78, 5) is 21.5. The fraction of sp³-hybridized carbons (Fsp3) is 0.0690. The molecule has 0 unspecified atom stereocenters. The average Bonchev–Trinajstić information content (AvgIpc) is 2.93. The molecule has 1 amide bonds. The number of anilines is 3. The summed E-state index contributed by atoms with van der Waals surface area (Å²) < 4.78 is 32.0. The summed E-state index contributed by atoms with van der Waals surface area (Å²) in [7, 11) is -2.01. The van der Waals surface area contributed by atoms with E-state index < -0.39 is 10.0 Å². The molecule has 0 radical (unpaired) electrons. The van der Waals surface area contributed by atoms with Gasteiger partial charge in [0.25, 0.3) is 5.91 Å². The maximum Gasteiger partial charge on any atom is 0.256 e. The first-order chi connectivity index (χ1) is 18.9. The van der Waals surface area contributed by atoms with Crippen molar-refractivity contribution in [1.29, 1.82) is 0 Å². The van der Waals surface area contributed by atoms with Gasteiger partial charge in [-0.2, -0.15) is 4.98 Å². The van der Waals surface area contributed by atoms with Gasteiger partial charge in [0.2, 0.25) is 21.9 Å². The van der Waals surface area contributed by atoms with Crippen molar-refractivity contribution < 1.29 is 17.9 Å². The van der Waals surface area contributed by atoms with E-state index in [1.54, 1.807) is 48.7 Å². The number of ether oxygens (including phenoxy) is 1. The Balaban J connectivity index is 1.31. The molecule has 1 aromatic heterocycles. The number of aromatic nitrogens is 2. The predicted molar refractivity (Wildman–Crippen MR) is 152 cm³/mol. The summed E-state index contributed by atoms with van der Waals surface area (Å²) in [6.07, 6.45) is 1.56. The number of carbonyl (C=O) groups excluding carboxylic acids is 1. The second-order valence-electron chi connectivity index (χ2n) is 8.62. The van der Waals surface area contributed by atoms with Crippen molar-refractivity contribution in [2.24, 2.45) is 0 Å². The van der Waals surface area contributed by atoms with Crippen LogP contribution in [0.1, 0.15) is 15.9 Å². The van der Waals surface area contributed by atoms with Gasteiger partial charge in [-0.25, -0.2) is 18.1 Å². The highest BCUT2D eigenvalue weighted by Crippen LogP contribution is 2.28. The average molecular weight is 540 g/mol. The van der Waals surface area contributed by atoms with Crippen LogP contribution in [0.3, 0.4) is 0 Å². The quantitative estimate of drug-likeness (QED) is 0.227. The van der Waals surface area contributed by atoms with Crippen LogP contribution in [0.15, 0.2) is 103 Å². The highest BCUT2D eigenvalue weighted by Gasteiger charge is 2.12. The number of hydrogen-bond donors (Lipinski definition) is 3. The van der Waals surface area contributed by atoms with Gasteiger partial charge in [0.05, 0.1) is 5.75 Å². The Morgan fingerprint density at radius 1 is 0.872 bits per heavy atom. The monoisotopic (exact) mass is 539 g/mol. The van der Waals surface area contributed by atoms with Gasteiger partial charge >= 0.3 is 0 Å². The lowest BCUT2D eigenvalue weighted by molar-refractivity contribution is 0.102. The van der Waals surface area contributed by atoms with Crippen LogP contribution in [0.25, 0.3) is 10.8 Å². The molecule has 196 valence electrons. The highest BCUT2D eigenvalue weighted by molar-refractivity contribution is 7.88. The maximum atomic E-state index is 12.9. The number of fused-ring (bicyclic) bond motifs is 1. The molecular weight excluding hydrogens is 514 g/mol. The zero-order valence-corrected chi connectivity index (χ0v) is 21.8. The summed E-state index contributed by atoms with van der Waals surface area (Å²) in [6, 6.07) is 28.9. The largest absolute Gasteiger partial charge is 0.439 e. The molecule has 0 spiro atoms. The van der Waals surface area contributed by atoms with E-state index in [0.717, 1.165) is 16.5 Å². The van der Waals surface area contributed by atoms with Gasteiger partial charge in [0.1, 0.15) is 5.75 Å². The third-order valence-corrected chi connectivity index (χ3v) is 7.17. The minimum absolute atomic E-state index is 0.138. The van der Waals surface area contributed by atoms with Crippen molar-refractivity contribution in [2.45, 2.75) is 5.75 Å². The van der Waals surface area contributed by atoms with Gasteiger partial charge in [-0.15, -0.1) is 0 Å². The number of carbonyl (C=O) groups is 1. The van der Waals surface area contributed by atoms with Crippen LogP contribution in [0.5, 0.6) is 11.6 Å². The number of rotatable bonds is 9. The van der Waals surface area contributed by atoms with Crippen molar-refractivity contribution in [3.05, 3.63) is 114 Å². The lowest BCUT2D eigenvalue weighted by Gasteiger charge is -2.11. The van der Waals surface area contributed by atoms with Crippen LogP contribution in [0.2, 0.25) is 0 Å². The molecule has 4 aromatic carbocycles. The Morgan fingerprint density at radius 3 is 2.49 bits per heavy atom. The molecule has 0 aliphatic carbocycles. The van der Waals surface area contributed by atoms with Crippen LogP contribution in [0, 0.1) is 0 Å². The van der Waals surface area contributed by atoms with E-state index in [4.69, 9.17) is 4.74 Å². The first kappa shape index (κ1) is 25.8. The van der Waals surface area contributed by atoms with Crippen LogP contribution in [0.4, 0.5) is 17.3 Å². The summed E-state index contributed by atoms with van der Waals surface area (Å²) in [5.41, 5.74) is 2.54. The first-order valence-corrected chi connectivity index (χ1v) is 13.7. The smallest absolute Gasteiger partial charge is 0.256 e. The van der Waals surface area contributed by atoms with Crippen molar-refractivity contribution >= 4 is 44.0 Å². The summed E-state index contributed by atoms with van der Waals surface area (Å²) in [5.74, 6) is 0.827. The molecule has 0 bridgehead atoms. The predicted octanol–water partition coefficient (Wildman–Crippen LogP) is 5.47. The number of nitrogens with one attached hydrogen (secondary N) is 3. The second kappa shape index (κ2) is 11.3. The minimum Gasteiger partial charge on any atom is -0.439 e. The maximum absolute atomic E-state index is 12.9. The normalized spacial score (nSPS) is 11.2. The molecular formula is C29H25N5O4S. The van der Waals surface area contributed by atoms with Crippen molar-refractivity contribution in [2.75, 3.05) is 17.7 Å². The molecule has 0 aliphatic heterocycles. The summed E-state index contributed by atoms with van der Waals surface area (Å²) >= 11 is 0. The number of nitrogens with zero attached hydrogens (tertiary/aromatic N) is 2. The van der Waals surface area contributed by atoms with Gasteiger partial charge in [-0.1, -0.05) is 42.5 Å². The Morgan fingerprint density at radius 2 is 1.67 bits per heavy atom. The molecule has 10 heteroatoms. The summed E-state index contributed by atoms with van der Waals surface area (Å²) in [5, 5.41) is 7.64. The Kier molecular flexibility index (Phi) is 7.48. The lowest BCUT2D eigenvalue weighted by atomic mass is 10.0. The first-order valence-electron chi connectivity index (χ1n) is 12.1. The SMILES string of the molecule is CNS(=O)(=O)Cc1cccc(Nc2nccc(Oc3ccc4c(C(=O)Nc5ccccc5)cccc4c3)n2)c1. The van der Waals surface area contributed by atoms with Gasteiger partial charge in [0, 0.05) is 29.2 Å². The molecule has 3 N–H and O–H groups in total. The van der Waals surface area contributed by atoms with Gasteiger partial charge in [0.15, 0.2) is 0 Å². The van der Waals surface area contributed by atoms with E-state index in [0.29, 0.717) is 34.4 Å². The van der Waals surface area contributed by atoms with E-state index in [1.807, 2.05) is 54.6 Å². The van der Waals surface area contributed by atoms with Crippen LogP contribution >= 0.6 is 0 Å². The van der Waals surface area contributed by atoms with E-state index in [9.17, 15) is 13.2 Å². The molecule has 1 heterocycles. The van der Waals surface area contributed by atoms with Gasteiger partial charge in [-0.3, -0.25) is 4.79 Å². The standard InChI is InChI=1S/C29H25N5O4S/c1-30-39(36,37)19-20-7-5-11-23(17-20)33-29-31-16-15-27(34-29)38-24-13-14-25-21(18-24)8-6-12-26(25)28(35)32-22-9-3-2-4-10-22/h2-18,30H,19H2,1H3,(H,32,35)(H,31,33,34). The zero-order valence-electron chi connectivity index (χ0n) is 21.0. The van der Waals surface area contributed by atoms with Gasteiger partial charge < -0.3 is 15.4 Å². The molecule has 0 fully saturated rings. The third-order valence-electron chi connectivity index (χ3n) is 5.83. The highest BCUT2D eigenvalue weighted by atomic mass is 32.2. The van der Waals surface area contributed by atoms with Crippen LogP contribution in [-0.4, -0.2) is 31.3 Å². The van der Waals surface area contributed by atoms with E-state index in [-0.39, 0.29) is 11.7 Å². The van der Waals surface area contributed by atoms with E-state index in [1.165, 1.54) is 7.05 Å². The Bertz CT molecular complexity index is 1740. The second-order valence-corrected chi connectivity index (χ2v) is 10.5. The molecule has 0 saturated heterocycles. The minimum atomic E-state index is -3.39. The van der Waals surface area contributed by atoms with Gasteiger partial charge in [-0.05, 0) is 71.9 Å². The fourth-order valence-corrected chi connectivity index (χ4v) is 4.75. The molecule has 9 nitrogen and oxygen atoms in total. The number of sulfonamides is 1. The molecule has 39 heavy (non-hydrogen) atoms. The van der Waals surface area contributed by atoms with Crippen molar-refractivity contribution in [1.82, 2.24) is 14.7 Å². The number of amides is 1. The molecule has 0 atom stereocenters. The summed E-state index contributed by atoms with van der Waals surface area (Å²) in [6.45, 7) is 0. The van der Waals surface area contributed by atoms with Crippen LogP contribution < -0.4 is 20.1 Å². The fourth-order valence-electron chi connectivity index (χ4n) is 3.98. The molecule has 0 saturated carbocycles. The topological polar surface area (TPSA) is 122 Å². The Hall–Kier alpha value is -4.80.